The van der Waals surface area contributed by atoms with Gasteiger partial charge in [0.05, 0.1) is 5.38 Å². The van der Waals surface area contributed by atoms with Gasteiger partial charge in [-0.25, -0.2) is 0 Å². The molecule has 1 atom stereocenters. The van der Waals surface area contributed by atoms with Crippen LogP contribution in [-0.4, -0.2) is 8.79 Å². The van der Waals surface area contributed by atoms with Gasteiger partial charge in [0.2, 0.25) is 0 Å². The summed E-state index contributed by atoms with van der Waals surface area (Å²) >= 11 is 18.3. The second-order valence-electron chi connectivity index (χ2n) is 2.30. The smallest absolute Gasteiger partial charge is 0.115 e. The topological polar surface area (TPSA) is 0 Å². The van der Waals surface area contributed by atoms with Gasteiger partial charge in [-0.2, -0.15) is 0 Å². The van der Waals surface area contributed by atoms with Crippen LogP contribution in [0.4, 0.5) is 0 Å². The molecule has 0 aromatic carbocycles. The van der Waals surface area contributed by atoms with E-state index in [1.807, 2.05) is 0 Å². The van der Waals surface area contributed by atoms with Crippen molar-refractivity contribution in [1.82, 2.24) is 0 Å². The number of thiol groups is 3. The lowest BCUT2D eigenvalue weighted by Crippen LogP contribution is -2.19. The zero-order valence-corrected chi connectivity index (χ0v) is 9.36. The molecule has 0 bridgehead atoms. The molecule has 0 N–H and O–H groups in total. The molecule has 0 saturated heterocycles. The van der Waals surface area contributed by atoms with Gasteiger partial charge in [-0.15, -0.1) is 49.5 Å². The Bertz CT molecular complexity index is 89.5. The van der Waals surface area contributed by atoms with E-state index < -0.39 is 3.41 Å². The summed E-state index contributed by atoms with van der Waals surface area (Å²) in [5.74, 6) is 0. The van der Waals surface area contributed by atoms with Gasteiger partial charge >= 0.3 is 0 Å². The average molecular weight is 217 g/mol. The molecular formula is C6H13ClS3. The van der Waals surface area contributed by atoms with Crippen LogP contribution in [0.2, 0.25) is 0 Å². The predicted molar refractivity (Wildman–Crippen MR) is 58.9 cm³/mol. The van der Waals surface area contributed by atoms with Gasteiger partial charge in [0.15, 0.2) is 0 Å². The van der Waals surface area contributed by atoms with Crippen LogP contribution in [0.5, 0.6) is 0 Å². The summed E-state index contributed by atoms with van der Waals surface area (Å²) in [6.07, 6.45) is 3.18. The molecule has 0 fully saturated rings. The zero-order valence-electron chi connectivity index (χ0n) is 5.92. The Kier molecular flexibility index (Phi) is 5.75. The first kappa shape index (κ1) is 11.3. The molecule has 0 aliphatic heterocycles. The molecule has 0 saturated carbocycles. The average Bonchev–Trinajstić information content (AvgIpc) is 1.80. The Morgan fingerprint density at radius 3 is 2.20 bits per heavy atom. The zero-order chi connectivity index (χ0) is 8.20. The van der Waals surface area contributed by atoms with E-state index in [0.29, 0.717) is 0 Å². The maximum absolute atomic E-state index is 5.91. The fraction of sp³-hybridized carbons (Fsp3) is 1.00. The summed E-state index contributed by atoms with van der Waals surface area (Å²) in [4.78, 5) is 0. The molecule has 0 heterocycles. The monoisotopic (exact) mass is 216 g/mol. The minimum Gasteiger partial charge on any atom is -0.150 e. The van der Waals surface area contributed by atoms with Crippen molar-refractivity contribution in [3.63, 3.8) is 0 Å². The van der Waals surface area contributed by atoms with Crippen LogP contribution in [-0.2, 0) is 0 Å². The Labute approximate surface area is 84.3 Å². The van der Waals surface area contributed by atoms with Crippen LogP contribution in [0.3, 0.4) is 0 Å². The molecule has 0 radical (unpaired) electrons. The van der Waals surface area contributed by atoms with Crippen LogP contribution in [0.25, 0.3) is 0 Å². The molecule has 0 aromatic rings. The summed E-state index contributed by atoms with van der Waals surface area (Å²) in [5, 5.41) is -0.0672. The third-order valence-electron chi connectivity index (χ3n) is 1.23. The van der Waals surface area contributed by atoms with Crippen LogP contribution in [0.1, 0.15) is 26.2 Å². The number of hydrogen-bond acceptors (Lipinski definition) is 3. The molecule has 10 heavy (non-hydrogen) atoms. The van der Waals surface area contributed by atoms with Gasteiger partial charge in [-0.1, -0.05) is 19.8 Å². The van der Waals surface area contributed by atoms with E-state index in [1.54, 1.807) is 0 Å². The maximum atomic E-state index is 5.91. The Morgan fingerprint density at radius 1 is 1.40 bits per heavy atom. The Balaban J connectivity index is 3.52. The van der Waals surface area contributed by atoms with Crippen LogP contribution in [0.15, 0.2) is 0 Å². The molecule has 0 rings (SSSR count). The van der Waals surface area contributed by atoms with E-state index in [9.17, 15) is 0 Å². The van der Waals surface area contributed by atoms with E-state index in [1.165, 1.54) is 0 Å². The molecular weight excluding hydrogens is 204 g/mol. The van der Waals surface area contributed by atoms with E-state index in [0.717, 1.165) is 19.3 Å². The predicted octanol–water partition coefficient (Wildman–Crippen LogP) is 3.23. The van der Waals surface area contributed by atoms with Crippen LogP contribution in [0, 0.1) is 0 Å². The summed E-state index contributed by atoms with van der Waals surface area (Å²) < 4.78 is -0.642. The van der Waals surface area contributed by atoms with Gasteiger partial charge in [-0.3, -0.25) is 0 Å². The molecule has 0 amide bonds. The Morgan fingerprint density at radius 2 is 1.90 bits per heavy atom. The van der Waals surface area contributed by atoms with E-state index in [4.69, 9.17) is 11.6 Å². The lowest BCUT2D eigenvalue weighted by Gasteiger charge is -2.21. The van der Waals surface area contributed by atoms with E-state index >= 15 is 0 Å². The highest BCUT2D eigenvalue weighted by Crippen LogP contribution is 2.34. The molecule has 1 unspecified atom stereocenters. The number of alkyl halides is 1. The van der Waals surface area contributed by atoms with Crippen LogP contribution < -0.4 is 0 Å². The van der Waals surface area contributed by atoms with Crippen molar-refractivity contribution < 1.29 is 0 Å². The fourth-order valence-corrected chi connectivity index (χ4v) is 1.12. The SMILES string of the molecule is CCCCC(Cl)C(S)(S)S. The van der Waals surface area contributed by atoms with Crippen molar-refractivity contribution in [2.24, 2.45) is 0 Å². The lowest BCUT2D eigenvalue weighted by atomic mass is 10.2. The van der Waals surface area contributed by atoms with Gasteiger partial charge < -0.3 is 0 Å². The van der Waals surface area contributed by atoms with E-state index in [-0.39, 0.29) is 5.38 Å². The summed E-state index contributed by atoms with van der Waals surface area (Å²) in [6.45, 7) is 2.13. The van der Waals surface area contributed by atoms with Gasteiger partial charge in [0, 0.05) is 0 Å². The van der Waals surface area contributed by atoms with Gasteiger partial charge in [-0.05, 0) is 6.42 Å². The largest absolute Gasteiger partial charge is 0.150 e. The Hall–Kier alpha value is 1.34. The summed E-state index contributed by atoms with van der Waals surface area (Å²) in [7, 11) is 0. The molecule has 62 valence electrons. The number of unbranched alkanes of at least 4 members (excludes halogenated alkanes) is 1. The normalized spacial score (nSPS) is 15.3. The van der Waals surface area contributed by atoms with Crippen molar-refractivity contribution in [1.29, 1.82) is 0 Å². The van der Waals surface area contributed by atoms with Crippen molar-refractivity contribution in [2.45, 2.75) is 35.0 Å². The van der Waals surface area contributed by atoms with Crippen LogP contribution >= 0.6 is 49.5 Å². The molecule has 0 aliphatic rings. The first-order valence-electron chi connectivity index (χ1n) is 3.29. The highest BCUT2D eigenvalue weighted by atomic mass is 35.5. The third-order valence-corrected chi connectivity index (χ3v) is 3.17. The first-order valence-corrected chi connectivity index (χ1v) is 5.07. The minimum absolute atomic E-state index is 0.0672. The minimum atomic E-state index is -0.642. The lowest BCUT2D eigenvalue weighted by molar-refractivity contribution is 0.695. The molecule has 0 aromatic heterocycles. The number of halogens is 1. The van der Waals surface area contributed by atoms with Crippen molar-refractivity contribution in [3.05, 3.63) is 0 Å². The van der Waals surface area contributed by atoms with Gasteiger partial charge in [0.1, 0.15) is 3.41 Å². The maximum Gasteiger partial charge on any atom is 0.115 e. The molecule has 0 aliphatic carbocycles. The quantitative estimate of drug-likeness (QED) is 0.359. The highest BCUT2D eigenvalue weighted by molar-refractivity contribution is 8.17. The summed E-state index contributed by atoms with van der Waals surface area (Å²) in [5.41, 5.74) is 0. The highest BCUT2D eigenvalue weighted by Gasteiger charge is 2.24. The first-order chi connectivity index (χ1) is 4.48. The van der Waals surface area contributed by atoms with Crippen molar-refractivity contribution >= 4 is 49.5 Å². The second-order valence-corrected chi connectivity index (χ2v) is 6.00. The van der Waals surface area contributed by atoms with Crippen molar-refractivity contribution in [2.75, 3.05) is 0 Å². The molecule has 0 spiro atoms. The number of hydrogen-bond donors (Lipinski definition) is 3. The summed E-state index contributed by atoms with van der Waals surface area (Å²) in [6, 6.07) is 0. The van der Waals surface area contributed by atoms with Gasteiger partial charge in [0.25, 0.3) is 0 Å². The molecule has 0 nitrogen and oxygen atoms in total. The van der Waals surface area contributed by atoms with E-state index in [2.05, 4.69) is 44.8 Å². The number of rotatable bonds is 4. The third kappa shape index (κ3) is 5.05. The standard InChI is InChI=1S/C6H13ClS3/c1-2-3-4-5(7)6(8,9)10/h5,8-10H,2-4H2,1H3. The second kappa shape index (κ2) is 5.07. The van der Waals surface area contributed by atoms with Crippen molar-refractivity contribution in [3.8, 4) is 0 Å². The molecule has 4 heteroatoms. The fourth-order valence-electron chi connectivity index (χ4n) is 0.577.